The van der Waals surface area contributed by atoms with Crippen LogP contribution in [0.25, 0.3) is 0 Å². The molecule has 0 spiro atoms. The molecule has 1 saturated carbocycles. The van der Waals surface area contributed by atoms with Gasteiger partial charge in [0.2, 0.25) is 5.91 Å². The lowest BCUT2D eigenvalue weighted by Crippen LogP contribution is -2.51. The van der Waals surface area contributed by atoms with Gasteiger partial charge in [0.1, 0.15) is 0 Å². The Morgan fingerprint density at radius 1 is 1.16 bits per heavy atom. The third kappa shape index (κ3) is 4.52. The quantitative estimate of drug-likeness (QED) is 0.873. The molecule has 7 nitrogen and oxygen atoms in total. The van der Waals surface area contributed by atoms with E-state index >= 15 is 0 Å². The number of nitrogens with zero attached hydrogens (tertiary/aromatic N) is 3. The second-order valence-electron chi connectivity index (χ2n) is 7.20. The molecular formula is C18H29N5O2. The number of piperidine rings is 1. The van der Waals surface area contributed by atoms with Crippen LogP contribution in [0.2, 0.25) is 0 Å². The van der Waals surface area contributed by atoms with Crippen LogP contribution in [0.15, 0.2) is 18.5 Å². The molecule has 1 aliphatic carbocycles. The molecule has 0 bridgehead atoms. The number of nitrogens with one attached hydrogen (secondary N) is 2. The zero-order valence-corrected chi connectivity index (χ0v) is 15.0. The van der Waals surface area contributed by atoms with Crippen molar-refractivity contribution in [1.29, 1.82) is 0 Å². The highest BCUT2D eigenvalue weighted by atomic mass is 16.2. The van der Waals surface area contributed by atoms with E-state index in [2.05, 4.69) is 15.7 Å². The van der Waals surface area contributed by atoms with Gasteiger partial charge in [0.25, 0.3) is 0 Å². The summed E-state index contributed by atoms with van der Waals surface area (Å²) in [5.74, 6) is 0.475. The smallest absolute Gasteiger partial charge is 0.317 e. The predicted molar refractivity (Wildman–Crippen MR) is 95.0 cm³/mol. The minimum Gasteiger partial charge on any atom is -0.359 e. The summed E-state index contributed by atoms with van der Waals surface area (Å²) in [4.78, 5) is 26.1. The molecule has 0 aromatic carbocycles. The number of hydrogen-bond acceptors (Lipinski definition) is 3. The van der Waals surface area contributed by atoms with Gasteiger partial charge in [-0.3, -0.25) is 9.48 Å². The lowest BCUT2D eigenvalue weighted by atomic mass is 9.90. The summed E-state index contributed by atoms with van der Waals surface area (Å²) >= 11 is 0. The largest absolute Gasteiger partial charge is 0.359 e. The van der Waals surface area contributed by atoms with Crippen molar-refractivity contribution in [2.75, 3.05) is 20.1 Å². The first-order valence-electron chi connectivity index (χ1n) is 9.42. The van der Waals surface area contributed by atoms with Crippen molar-refractivity contribution in [3.05, 3.63) is 18.5 Å². The van der Waals surface area contributed by atoms with Gasteiger partial charge in [-0.05, 0) is 37.7 Å². The van der Waals surface area contributed by atoms with E-state index in [0.717, 1.165) is 45.2 Å². The van der Waals surface area contributed by atoms with Crippen molar-refractivity contribution in [2.45, 2.75) is 57.0 Å². The fourth-order valence-corrected chi connectivity index (χ4v) is 4.03. The fraction of sp³-hybridized carbons (Fsp3) is 0.722. The Hall–Kier alpha value is -2.05. The van der Waals surface area contributed by atoms with Gasteiger partial charge in [-0.1, -0.05) is 12.8 Å². The minimum atomic E-state index is 0.0300. The van der Waals surface area contributed by atoms with Gasteiger partial charge in [0, 0.05) is 39.0 Å². The maximum absolute atomic E-state index is 12.7. The Kier molecular flexibility index (Phi) is 5.94. The number of amides is 3. The molecular weight excluding hydrogens is 318 g/mol. The van der Waals surface area contributed by atoms with Gasteiger partial charge in [-0.2, -0.15) is 5.10 Å². The molecule has 0 unspecified atom stereocenters. The standard InChI is InChI=1S/C18H29N5O2/c1-19-17(24)13-14-7-11-22(12-8-14)18(25)21-15-5-2-3-6-16(15)23-10-4-9-20-23/h4,9-10,14-16H,2-3,5-8,11-13H2,1H3,(H,19,24)(H,21,25)/t15-,16+/m1/s1. The molecule has 2 atom stereocenters. The summed E-state index contributed by atoms with van der Waals surface area (Å²) in [6, 6.07) is 2.36. The molecule has 1 saturated heterocycles. The molecule has 2 heterocycles. The van der Waals surface area contributed by atoms with Gasteiger partial charge in [0.15, 0.2) is 0 Å². The van der Waals surface area contributed by atoms with Crippen LogP contribution in [0.5, 0.6) is 0 Å². The lowest BCUT2D eigenvalue weighted by molar-refractivity contribution is -0.121. The van der Waals surface area contributed by atoms with Crippen LogP contribution in [-0.2, 0) is 4.79 Å². The molecule has 1 aromatic rings. The highest BCUT2D eigenvalue weighted by molar-refractivity contribution is 5.76. The van der Waals surface area contributed by atoms with E-state index in [1.54, 1.807) is 13.2 Å². The van der Waals surface area contributed by atoms with Gasteiger partial charge >= 0.3 is 6.03 Å². The van der Waals surface area contributed by atoms with Crippen molar-refractivity contribution >= 4 is 11.9 Å². The second-order valence-corrected chi connectivity index (χ2v) is 7.20. The molecule has 2 fully saturated rings. The monoisotopic (exact) mass is 347 g/mol. The van der Waals surface area contributed by atoms with E-state index in [9.17, 15) is 9.59 Å². The van der Waals surface area contributed by atoms with E-state index in [0.29, 0.717) is 12.3 Å². The molecule has 1 aromatic heterocycles. The molecule has 7 heteroatoms. The Bertz CT molecular complexity index is 566. The first kappa shape index (κ1) is 17.8. The first-order valence-corrected chi connectivity index (χ1v) is 9.42. The van der Waals surface area contributed by atoms with E-state index in [-0.39, 0.29) is 24.0 Å². The summed E-state index contributed by atoms with van der Waals surface area (Å²) in [7, 11) is 1.67. The average Bonchev–Trinajstić information content (AvgIpc) is 3.17. The molecule has 138 valence electrons. The average molecular weight is 347 g/mol. The van der Waals surface area contributed by atoms with Crippen LogP contribution < -0.4 is 10.6 Å². The number of urea groups is 1. The zero-order chi connectivity index (χ0) is 17.6. The summed E-state index contributed by atoms with van der Waals surface area (Å²) in [6.07, 6.45) is 10.5. The van der Waals surface area contributed by atoms with Gasteiger partial charge < -0.3 is 15.5 Å². The number of carbonyl (C=O) groups excluding carboxylic acids is 2. The van der Waals surface area contributed by atoms with Crippen molar-refractivity contribution in [3.63, 3.8) is 0 Å². The third-order valence-corrected chi connectivity index (χ3v) is 5.56. The summed E-state index contributed by atoms with van der Waals surface area (Å²) in [5.41, 5.74) is 0. The number of likely N-dealkylation sites (tertiary alicyclic amines) is 1. The molecule has 3 amide bonds. The SMILES string of the molecule is CNC(=O)CC1CCN(C(=O)N[C@@H]2CCCC[C@@H]2n2cccn2)CC1. The van der Waals surface area contributed by atoms with Gasteiger partial charge in [0.05, 0.1) is 12.1 Å². The van der Waals surface area contributed by atoms with Crippen molar-refractivity contribution < 1.29 is 9.59 Å². The molecule has 25 heavy (non-hydrogen) atoms. The van der Waals surface area contributed by atoms with Crippen LogP contribution >= 0.6 is 0 Å². The zero-order valence-electron chi connectivity index (χ0n) is 15.0. The highest BCUT2D eigenvalue weighted by Gasteiger charge is 2.31. The Balaban J connectivity index is 1.51. The molecule has 1 aliphatic heterocycles. The van der Waals surface area contributed by atoms with E-state index in [1.807, 2.05) is 21.8 Å². The Morgan fingerprint density at radius 3 is 2.60 bits per heavy atom. The number of carbonyl (C=O) groups is 2. The van der Waals surface area contributed by atoms with Crippen LogP contribution in [0.4, 0.5) is 4.79 Å². The number of aromatic nitrogens is 2. The van der Waals surface area contributed by atoms with Gasteiger partial charge in [-0.15, -0.1) is 0 Å². The minimum absolute atomic E-state index is 0.0300. The lowest BCUT2D eigenvalue weighted by Gasteiger charge is -2.36. The van der Waals surface area contributed by atoms with Crippen molar-refractivity contribution in [2.24, 2.45) is 5.92 Å². The van der Waals surface area contributed by atoms with Crippen molar-refractivity contribution in [3.8, 4) is 0 Å². The summed E-state index contributed by atoms with van der Waals surface area (Å²) in [5, 5.41) is 10.3. The van der Waals surface area contributed by atoms with Crippen LogP contribution in [0.3, 0.4) is 0 Å². The summed E-state index contributed by atoms with van der Waals surface area (Å²) in [6.45, 7) is 1.46. The first-order chi connectivity index (χ1) is 12.2. The van der Waals surface area contributed by atoms with Gasteiger partial charge in [-0.25, -0.2) is 4.79 Å². The molecule has 2 N–H and O–H groups in total. The Labute approximate surface area is 149 Å². The summed E-state index contributed by atoms with van der Waals surface area (Å²) < 4.78 is 1.99. The van der Waals surface area contributed by atoms with Crippen LogP contribution in [-0.4, -0.2) is 52.8 Å². The molecule has 0 radical (unpaired) electrons. The number of hydrogen-bond donors (Lipinski definition) is 2. The third-order valence-electron chi connectivity index (χ3n) is 5.56. The maximum atomic E-state index is 12.7. The topological polar surface area (TPSA) is 79.3 Å². The van der Waals surface area contributed by atoms with Crippen molar-refractivity contribution in [1.82, 2.24) is 25.3 Å². The van der Waals surface area contributed by atoms with E-state index in [4.69, 9.17) is 0 Å². The normalized spacial score (nSPS) is 24.8. The number of rotatable bonds is 4. The molecule has 3 rings (SSSR count). The second kappa shape index (κ2) is 8.36. The van der Waals surface area contributed by atoms with Crippen LogP contribution in [0, 0.1) is 5.92 Å². The molecule has 2 aliphatic rings. The highest BCUT2D eigenvalue weighted by Crippen LogP contribution is 2.28. The fourth-order valence-electron chi connectivity index (χ4n) is 4.03. The van der Waals surface area contributed by atoms with Crippen LogP contribution in [0.1, 0.15) is 51.0 Å². The van der Waals surface area contributed by atoms with E-state index in [1.165, 1.54) is 6.42 Å². The Morgan fingerprint density at radius 2 is 1.92 bits per heavy atom. The predicted octanol–water partition coefficient (Wildman–Crippen LogP) is 1.92. The van der Waals surface area contributed by atoms with E-state index < -0.39 is 0 Å². The maximum Gasteiger partial charge on any atom is 0.317 e.